The zero-order chi connectivity index (χ0) is 19.2. The summed E-state index contributed by atoms with van der Waals surface area (Å²) in [4.78, 5) is 16.1. The van der Waals surface area contributed by atoms with Gasteiger partial charge in [-0.3, -0.25) is 9.36 Å². The van der Waals surface area contributed by atoms with Crippen LogP contribution in [0.15, 0.2) is 24.5 Å². The van der Waals surface area contributed by atoms with Gasteiger partial charge >= 0.3 is 5.97 Å². The molecule has 3 heterocycles. The standard InChI is InChI=1S/C18H23N7O2/c1-3-5-7-24-11-16(20-22-24)14-9-13(18(26)27)10-15(19-14)17-12-25(23-21-17)8-6-4-2/h9-12H,3-8H2,1-2H3,(H,26,27). The highest BCUT2D eigenvalue weighted by Crippen LogP contribution is 2.22. The summed E-state index contributed by atoms with van der Waals surface area (Å²) >= 11 is 0. The normalized spacial score (nSPS) is 11.0. The molecule has 0 radical (unpaired) electrons. The number of nitrogens with zero attached hydrogens (tertiary/aromatic N) is 7. The molecule has 1 N–H and O–H groups in total. The molecule has 0 fully saturated rings. The number of carbonyl (C=O) groups is 1. The average molecular weight is 369 g/mol. The van der Waals surface area contributed by atoms with E-state index in [1.165, 1.54) is 12.1 Å². The van der Waals surface area contributed by atoms with E-state index in [0.29, 0.717) is 22.8 Å². The van der Waals surface area contributed by atoms with E-state index in [2.05, 4.69) is 39.5 Å². The van der Waals surface area contributed by atoms with Crippen LogP contribution in [0.4, 0.5) is 0 Å². The molecule has 0 aliphatic carbocycles. The van der Waals surface area contributed by atoms with Crippen molar-refractivity contribution in [2.75, 3.05) is 0 Å². The lowest BCUT2D eigenvalue weighted by atomic mass is 10.1. The summed E-state index contributed by atoms with van der Waals surface area (Å²) in [5.74, 6) is -1.03. The fourth-order valence-corrected chi connectivity index (χ4v) is 2.61. The smallest absolute Gasteiger partial charge is 0.335 e. The number of hydrogen-bond acceptors (Lipinski definition) is 6. The van der Waals surface area contributed by atoms with Gasteiger partial charge in [-0.05, 0) is 25.0 Å². The molecule has 0 saturated heterocycles. The molecule has 0 amide bonds. The van der Waals surface area contributed by atoms with E-state index in [0.717, 1.165) is 38.8 Å². The van der Waals surface area contributed by atoms with Crippen molar-refractivity contribution in [2.45, 2.75) is 52.6 Å². The number of rotatable bonds is 9. The van der Waals surface area contributed by atoms with E-state index >= 15 is 0 Å². The molecule has 0 aliphatic heterocycles. The third-order valence-electron chi connectivity index (χ3n) is 4.16. The molecule has 0 saturated carbocycles. The minimum atomic E-state index is -1.03. The van der Waals surface area contributed by atoms with Crippen LogP contribution in [0.5, 0.6) is 0 Å². The Balaban J connectivity index is 1.94. The summed E-state index contributed by atoms with van der Waals surface area (Å²) in [6, 6.07) is 3.00. The number of carboxylic acids is 1. The molecule has 3 aromatic heterocycles. The molecular formula is C18H23N7O2. The lowest BCUT2D eigenvalue weighted by Crippen LogP contribution is -2.00. The predicted octanol–water partition coefficient (Wildman–Crippen LogP) is 2.90. The number of hydrogen-bond donors (Lipinski definition) is 1. The Labute approximate surface area is 157 Å². The third-order valence-corrected chi connectivity index (χ3v) is 4.16. The van der Waals surface area contributed by atoms with E-state index in [4.69, 9.17) is 0 Å². The maximum Gasteiger partial charge on any atom is 0.335 e. The third kappa shape index (κ3) is 4.55. The number of aryl methyl sites for hydroxylation is 2. The summed E-state index contributed by atoms with van der Waals surface area (Å²) in [6.07, 6.45) is 7.67. The summed E-state index contributed by atoms with van der Waals surface area (Å²) in [7, 11) is 0. The number of pyridine rings is 1. The summed E-state index contributed by atoms with van der Waals surface area (Å²) < 4.78 is 3.49. The van der Waals surface area contributed by atoms with Crippen molar-refractivity contribution in [1.82, 2.24) is 35.0 Å². The van der Waals surface area contributed by atoms with Crippen LogP contribution in [-0.2, 0) is 13.1 Å². The molecular weight excluding hydrogens is 346 g/mol. The Hall–Kier alpha value is -3.10. The van der Waals surface area contributed by atoms with Gasteiger partial charge in [0, 0.05) is 13.1 Å². The van der Waals surface area contributed by atoms with E-state index in [9.17, 15) is 9.90 Å². The van der Waals surface area contributed by atoms with Gasteiger partial charge in [-0.15, -0.1) is 10.2 Å². The number of unbranched alkanes of at least 4 members (excludes halogenated alkanes) is 2. The Morgan fingerprint density at radius 2 is 1.37 bits per heavy atom. The fraction of sp³-hybridized carbons (Fsp3) is 0.444. The van der Waals surface area contributed by atoms with E-state index < -0.39 is 5.97 Å². The summed E-state index contributed by atoms with van der Waals surface area (Å²) in [6.45, 7) is 5.74. The fourth-order valence-electron chi connectivity index (χ4n) is 2.61. The van der Waals surface area contributed by atoms with Crippen molar-refractivity contribution in [3.63, 3.8) is 0 Å². The predicted molar refractivity (Wildman–Crippen MR) is 99.0 cm³/mol. The van der Waals surface area contributed by atoms with Crippen LogP contribution in [0.1, 0.15) is 49.9 Å². The molecule has 0 bridgehead atoms. The second-order valence-electron chi connectivity index (χ2n) is 6.37. The Morgan fingerprint density at radius 3 is 1.78 bits per heavy atom. The highest BCUT2D eigenvalue weighted by molar-refractivity contribution is 5.90. The van der Waals surface area contributed by atoms with Crippen LogP contribution >= 0.6 is 0 Å². The zero-order valence-electron chi connectivity index (χ0n) is 15.5. The molecule has 0 atom stereocenters. The molecule has 142 valence electrons. The van der Waals surface area contributed by atoms with Gasteiger partial charge in [-0.2, -0.15) is 0 Å². The highest BCUT2D eigenvalue weighted by atomic mass is 16.4. The SMILES string of the molecule is CCCCn1cc(-c2cc(C(=O)O)cc(-c3cn(CCCC)nn3)n2)nn1. The van der Waals surface area contributed by atoms with E-state index in [-0.39, 0.29) is 5.56 Å². The van der Waals surface area contributed by atoms with E-state index in [1.54, 1.807) is 21.8 Å². The van der Waals surface area contributed by atoms with Crippen molar-refractivity contribution < 1.29 is 9.90 Å². The first-order valence-corrected chi connectivity index (χ1v) is 9.17. The highest BCUT2D eigenvalue weighted by Gasteiger charge is 2.15. The molecule has 9 nitrogen and oxygen atoms in total. The van der Waals surface area contributed by atoms with Crippen molar-refractivity contribution in [1.29, 1.82) is 0 Å². The lowest BCUT2D eigenvalue weighted by Gasteiger charge is -2.03. The van der Waals surface area contributed by atoms with Gasteiger partial charge in [-0.25, -0.2) is 9.78 Å². The lowest BCUT2D eigenvalue weighted by molar-refractivity contribution is 0.0697. The first-order chi connectivity index (χ1) is 13.1. The quantitative estimate of drug-likeness (QED) is 0.617. The monoisotopic (exact) mass is 369 g/mol. The molecule has 9 heteroatoms. The Bertz CT molecular complexity index is 852. The van der Waals surface area contributed by atoms with Crippen molar-refractivity contribution in [3.05, 3.63) is 30.1 Å². The van der Waals surface area contributed by atoms with Gasteiger partial charge in [0.1, 0.15) is 11.4 Å². The van der Waals surface area contributed by atoms with Crippen molar-refractivity contribution >= 4 is 5.97 Å². The molecule has 0 aromatic carbocycles. The minimum Gasteiger partial charge on any atom is -0.478 e. The van der Waals surface area contributed by atoms with Crippen molar-refractivity contribution in [3.8, 4) is 22.8 Å². The molecule has 0 spiro atoms. The molecule has 0 aliphatic rings. The maximum atomic E-state index is 11.6. The summed E-state index contributed by atoms with van der Waals surface area (Å²) in [5.41, 5.74) is 2.11. The number of carboxylic acid groups (broad SMARTS) is 1. The molecule has 27 heavy (non-hydrogen) atoms. The zero-order valence-corrected chi connectivity index (χ0v) is 15.5. The topological polar surface area (TPSA) is 112 Å². The first-order valence-electron chi connectivity index (χ1n) is 9.17. The van der Waals surface area contributed by atoms with Gasteiger partial charge in [0.25, 0.3) is 0 Å². The van der Waals surface area contributed by atoms with Gasteiger partial charge in [-0.1, -0.05) is 37.1 Å². The number of aromatic nitrogens is 7. The Morgan fingerprint density at radius 1 is 0.889 bits per heavy atom. The Kier molecular flexibility index (Phi) is 5.90. The summed E-state index contributed by atoms with van der Waals surface area (Å²) in [5, 5.41) is 25.9. The van der Waals surface area contributed by atoms with Gasteiger partial charge in [0.15, 0.2) is 0 Å². The second kappa shape index (κ2) is 8.52. The van der Waals surface area contributed by atoms with Gasteiger partial charge in [0.2, 0.25) is 0 Å². The van der Waals surface area contributed by atoms with Crippen LogP contribution in [0, 0.1) is 0 Å². The van der Waals surface area contributed by atoms with Gasteiger partial charge < -0.3 is 5.11 Å². The largest absolute Gasteiger partial charge is 0.478 e. The second-order valence-corrected chi connectivity index (χ2v) is 6.37. The van der Waals surface area contributed by atoms with Crippen molar-refractivity contribution in [2.24, 2.45) is 0 Å². The molecule has 3 rings (SSSR count). The van der Waals surface area contributed by atoms with Crippen LogP contribution in [0.25, 0.3) is 22.8 Å². The first kappa shape index (κ1) is 18.7. The van der Waals surface area contributed by atoms with Crippen LogP contribution in [0.3, 0.4) is 0 Å². The van der Waals surface area contributed by atoms with Crippen LogP contribution in [-0.4, -0.2) is 46.0 Å². The maximum absolute atomic E-state index is 11.6. The van der Waals surface area contributed by atoms with Crippen LogP contribution in [0.2, 0.25) is 0 Å². The average Bonchev–Trinajstić information content (AvgIpc) is 3.34. The minimum absolute atomic E-state index is 0.126. The molecule has 3 aromatic rings. The number of aromatic carboxylic acids is 1. The van der Waals surface area contributed by atoms with Crippen LogP contribution < -0.4 is 0 Å². The van der Waals surface area contributed by atoms with E-state index in [1.807, 2.05) is 0 Å². The molecule has 0 unspecified atom stereocenters. The van der Waals surface area contributed by atoms with Gasteiger partial charge in [0.05, 0.1) is 29.3 Å².